The van der Waals surface area contributed by atoms with Gasteiger partial charge in [0.2, 0.25) is 11.8 Å². The van der Waals surface area contributed by atoms with Crippen LogP contribution in [0.4, 0.5) is 0 Å². The number of amides is 4. The number of fused-ring (bicyclic) bond motifs is 1. The molecule has 10 heteroatoms. The minimum absolute atomic E-state index is 0.0915. The van der Waals surface area contributed by atoms with Crippen LogP contribution in [0.2, 0.25) is 0 Å². The number of hydrogen-bond acceptors (Lipinski definition) is 7. The van der Waals surface area contributed by atoms with Crippen molar-refractivity contribution in [3.8, 4) is 5.75 Å². The standard InChI is InChI=1S/C28H32N4O6/c33-25-9-8-23(27(35)30-25)32-18-22-21(28(32)36)2-1-3-24(22)38-15-10-19-4-6-20(7-5-19)26(34)29-11-12-31-13-16-37-17-14-31/h1-7,23H,8-18H2,(H,29,34)(H,30,33,35). The number of nitrogens with one attached hydrogen (secondary N) is 2. The number of benzene rings is 2. The van der Waals surface area contributed by atoms with Gasteiger partial charge in [0, 0.05) is 55.7 Å². The van der Waals surface area contributed by atoms with Crippen LogP contribution in [0.15, 0.2) is 42.5 Å². The lowest BCUT2D eigenvalue weighted by Crippen LogP contribution is -2.52. The highest BCUT2D eigenvalue weighted by atomic mass is 16.5. The Balaban J connectivity index is 1.11. The topological polar surface area (TPSA) is 117 Å². The third kappa shape index (κ3) is 5.87. The molecule has 2 saturated heterocycles. The molecule has 2 aromatic carbocycles. The van der Waals surface area contributed by atoms with Crippen LogP contribution in [0.25, 0.3) is 0 Å². The van der Waals surface area contributed by atoms with Crippen molar-refractivity contribution in [3.63, 3.8) is 0 Å². The van der Waals surface area contributed by atoms with E-state index in [0.717, 1.165) is 44.0 Å². The normalized spacial score (nSPS) is 19.7. The average molecular weight is 521 g/mol. The van der Waals surface area contributed by atoms with Crippen molar-refractivity contribution in [1.29, 1.82) is 0 Å². The molecule has 0 radical (unpaired) electrons. The Morgan fingerprint density at radius 1 is 1.08 bits per heavy atom. The van der Waals surface area contributed by atoms with Crippen LogP contribution in [0.5, 0.6) is 5.75 Å². The van der Waals surface area contributed by atoms with Gasteiger partial charge in [-0.15, -0.1) is 0 Å². The molecule has 1 atom stereocenters. The van der Waals surface area contributed by atoms with Gasteiger partial charge in [-0.2, -0.15) is 0 Å². The van der Waals surface area contributed by atoms with Crippen LogP contribution in [-0.2, 0) is 27.3 Å². The molecule has 0 saturated carbocycles. The highest BCUT2D eigenvalue weighted by molar-refractivity contribution is 6.05. The van der Waals surface area contributed by atoms with Gasteiger partial charge < -0.3 is 19.7 Å². The fourth-order valence-corrected chi connectivity index (χ4v) is 5.05. The summed E-state index contributed by atoms with van der Waals surface area (Å²) in [6.45, 7) is 5.35. The first-order valence-corrected chi connectivity index (χ1v) is 13.1. The lowest BCUT2D eigenvalue weighted by Gasteiger charge is -2.29. The number of rotatable bonds is 9. The molecular formula is C28H32N4O6. The Morgan fingerprint density at radius 3 is 2.63 bits per heavy atom. The lowest BCUT2D eigenvalue weighted by atomic mass is 10.0. The Labute approximate surface area is 221 Å². The molecule has 2 N–H and O–H groups in total. The largest absolute Gasteiger partial charge is 0.493 e. The summed E-state index contributed by atoms with van der Waals surface area (Å²) in [6, 6.07) is 12.1. The average Bonchev–Trinajstić information content (AvgIpc) is 3.26. The fourth-order valence-electron chi connectivity index (χ4n) is 5.05. The molecule has 3 aliphatic heterocycles. The molecule has 200 valence electrons. The van der Waals surface area contributed by atoms with Gasteiger partial charge in [-0.1, -0.05) is 18.2 Å². The van der Waals surface area contributed by atoms with Crippen molar-refractivity contribution >= 4 is 23.6 Å². The van der Waals surface area contributed by atoms with E-state index in [4.69, 9.17) is 9.47 Å². The summed E-state index contributed by atoms with van der Waals surface area (Å²) in [7, 11) is 0. The van der Waals surface area contributed by atoms with E-state index >= 15 is 0 Å². The molecule has 5 rings (SSSR count). The minimum Gasteiger partial charge on any atom is -0.493 e. The zero-order chi connectivity index (χ0) is 26.5. The van der Waals surface area contributed by atoms with E-state index < -0.39 is 11.9 Å². The number of morpholine rings is 1. The first-order chi connectivity index (χ1) is 18.5. The maximum Gasteiger partial charge on any atom is 0.255 e. The van der Waals surface area contributed by atoms with Gasteiger partial charge in [-0.25, -0.2) is 0 Å². The van der Waals surface area contributed by atoms with E-state index in [2.05, 4.69) is 15.5 Å². The number of imide groups is 1. The number of nitrogens with zero attached hydrogens (tertiary/aromatic N) is 2. The van der Waals surface area contributed by atoms with Crippen LogP contribution in [0.1, 0.15) is 44.7 Å². The van der Waals surface area contributed by atoms with Gasteiger partial charge in [0.25, 0.3) is 11.8 Å². The highest BCUT2D eigenvalue weighted by Gasteiger charge is 2.40. The monoisotopic (exact) mass is 520 g/mol. The predicted molar refractivity (Wildman–Crippen MR) is 138 cm³/mol. The van der Waals surface area contributed by atoms with Crippen molar-refractivity contribution in [1.82, 2.24) is 20.4 Å². The van der Waals surface area contributed by atoms with Crippen LogP contribution >= 0.6 is 0 Å². The highest BCUT2D eigenvalue weighted by Crippen LogP contribution is 2.33. The Bertz CT molecular complexity index is 1210. The van der Waals surface area contributed by atoms with Gasteiger partial charge >= 0.3 is 0 Å². The summed E-state index contributed by atoms with van der Waals surface area (Å²) in [4.78, 5) is 53.0. The van der Waals surface area contributed by atoms with Gasteiger partial charge in [-0.3, -0.25) is 29.4 Å². The zero-order valence-electron chi connectivity index (χ0n) is 21.2. The first-order valence-electron chi connectivity index (χ1n) is 13.1. The summed E-state index contributed by atoms with van der Waals surface area (Å²) in [5.74, 6) is -0.442. The van der Waals surface area contributed by atoms with E-state index in [9.17, 15) is 19.2 Å². The summed E-state index contributed by atoms with van der Waals surface area (Å²) in [5.41, 5.74) is 2.93. The third-order valence-corrected chi connectivity index (χ3v) is 7.22. The maximum atomic E-state index is 13.0. The number of carbonyl (C=O) groups is 4. The second-order valence-corrected chi connectivity index (χ2v) is 9.69. The first kappa shape index (κ1) is 25.9. The van der Waals surface area contributed by atoms with E-state index in [1.54, 1.807) is 12.1 Å². The zero-order valence-corrected chi connectivity index (χ0v) is 21.2. The van der Waals surface area contributed by atoms with Crippen molar-refractivity contribution in [2.75, 3.05) is 46.0 Å². The predicted octanol–water partition coefficient (Wildman–Crippen LogP) is 1.13. The van der Waals surface area contributed by atoms with E-state index in [1.807, 2.05) is 30.3 Å². The molecule has 2 aromatic rings. The molecule has 3 aliphatic rings. The maximum absolute atomic E-state index is 13.0. The fraction of sp³-hybridized carbons (Fsp3) is 0.429. The van der Waals surface area contributed by atoms with Crippen molar-refractivity contribution in [3.05, 3.63) is 64.7 Å². The Morgan fingerprint density at radius 2 is 1.87 bits per heavy atom. The number of ether oxygens (including phenoxy) is 2. The Kier molecular flexibility index (Phi) is 8.00. The second kappa shape index (κ2) is 11.7. The molecule has 0 bridgehead atoms. The summed E-state index contributed by atoms with van der Waals surface area (Å²) >= 11 is 0. The molecule has 10 nitrogen and oxygen atoms in total. The summed E-state index contributed by atoms with van der Waals surface area (Å²) in [5, 5.41) is 5.29. The van der Waals surface area contributed by atoms with Crippen molar-refractivity contribution < 1.29 is 28.7 Å². The summed E-state index contributed by atoms with van der Waals surface area (Å²) in [6.07, 6.45) is 1.17. The quantitative estimate of drug-likeness (QED) is 0.476. The molecule has 2 fully saturated rings. The van der Waals surface area contributed by atoms with Crippen LogP contribution in [0, 0.1) is 0 Å². The molecule has 3 heterocycles. The second-order valence-electron chi connectivity index (χ2n) is 9.69. The number of hydrogen-bond donors (Lipinski definition) is 2. The van der Waals surface area contributed by atoms with Crippen LogP contribution < -0.4 is 15.4 Å². The van der Waals surface area contributed by atoms with Gasteiger partial charge in [0.15, 0.2) is 0 Å². The van der Waals surface area contributed by atoms with Gasteiger partial charge in [-0.05, 0) is 36.2 Å². The molecule has 1 unspecified atom stereocenters. The van der Waals surface area contributed by atoms with E-state index in [1.165, 1.54) is 4.90 Å². The Hall–Kier alpha value is -3.76. The van der Waals surface area contributed by atoms with E-state index in [-0.39, 0.29) is 30.7 Å². The van der Waals surface area contributed by atoms with Crippen LogP contribution in [-0.4, -0.2) is 85.5 Å². The molecule has 38 heavy (non-hydrogen) atoms. The number of carbonyl (C=O) groups excluding carboxylic acids is 4. The van der Waals surface area contributed by atoms with Crippen molar-refractivity contribution in [2.24, 2.45) is 0 Å². The molecule has 0 aromatic heterocycles. The number of piperidine rings is 1. The smallest absolute Gasteiger partial charge is 0.255 e. The van der Waals surface area contributed by atoms with Gasteiger partial charge in [0.05, 0.1) is 26.4 Å². The minimum atomic E-state index is -0.657. The molecule has 0 spiro atoms. The van der Waals surface area contributed by atoms with E-state index in [0.29, 0.717) is 42.9 Å². The van der Waals surface area contributed by atoms with Crippen LogP contribution in [0.3, 0.4) is 0 Å². The van der Waals surface area contributed by atoms with Gasteiger partial charge in [0.1, 0.15) is 11.8 Å². The lowest BCUT2D eigenvalue weighted by molar-refractivity contribution is -0.136. The molecular weight excluding hydrogens is 488 g/mol. The molecule has 0 aliphatic carbocycles. The summed E-state index contributed by atoms with van der Waals surface area (Å²) < 4.78 is 11.4. The third-order valence-electron chi connectivity index (χ3n) is 7.22. The molecule has 4 amide bonds. The SMILES string of the molecule is O=C1CCC(N2Cc3c(OCCc4ccc(C(=O)NCCN5CCOCC5)cc4)cccc3C2=O)C(=O)N1. The van der Waals surface area contributed by atoms with Crippen molar-refractivity contribution in [2.45, 2.75) is 31.8 Å².